The molecule has 1 fully saturated rings. The largest absolute Gasteiger partial charge is 0.481 e. The first kappa shape index (κ1) is 17.2. The van der Waals surface area contributed by atoms with Crippen molar-refractivity contribution < 1.29 is 19.8 Å². The molecule has 2 heterocycles. The second-order valence-corrected chi connectivity index (χ2v) is 6.27. The summed E-state index contributed by atoms with van der Waals surface area (Å²) < 4.78 is 0. The van der Waals surface area contributed by atoms with E-state index in [2.05, 4.69) is 17.1 Å². The monoisotopic (exact) mass is 343 g/mol. The number of piperidine rings is 1. The number of hydrogen-bond acceptors (Lipinski definition) is 4. The number of aliphatic hydroxyl groups is 1. The molecule has 2 atom stereocenters. The number of rotatable bonds is 4. The maximum Gasteiger partial charge on any atom is 0.310 e. The summed E-state index contributed by atoms with van der Waals surface area (Å²) in [5, 5.41) is 25.8. The molecule has 0 unspecified atom stereocenters. The molecule has 2 aromatic rings. The molecule has 1 aromatic carbocycles. The number of carbonyl (C=O) groups is 2. The number of carboxylic acids is 1. The predicted octanol–water partition coefficient (Wildman–Crippen LogP) is 1.55. The Kier molecular flexibility index (Phi) is 4.85. The van der Waals surface area contributed by atoms with E-state index in [1.54, 1.807) is 6.07 Å². The zero-order chi connectivity index (χ0) is 18.0. The first-order chi connectivity index (χ1) is 12.0. The summed E-state index contributed by atoms with van der Waals surface area (Å²) in [5.41, 5.74) is 3.11. The normalized spacial score (nSPS) is 20.5. The zero-order valence-corrected chi connectivity index (χ0v) is 14.0. The summed E-state index contributed by atoms with van der Waals surface area (Å²) in [4.78, 5) is 25.2. The summed E-state index contributed by atoms with van der Waals surface area (Å²) in [7, 11) is 0. The van der Waals surface area contributed by atoms with Crippen LogP contribution in [0.15, 0.2) is 30.3 Å². The van der Waals surface area contributed by atoms with Crippen LogP contribution in [-0.2, 0) is 11.2 Å². The third-order valence-corrected chi connectivity index (χ3v) is 4.65. The molecule has 7 heteroatoms. The smallest absolute Gasteiger partial charge is 0.310 e. The first-order valence-corrected chi connectivity index (χ1v) is 8.34. The summed E-state index contributed by atoms with van der Waals surface area (Å²) >= 11 is 0. The number of likely N-dealkylation sites (tertiary alicyclic amines) is 1. The van der Waals surface area contributed by atoms with Gasteiger partial charge >= 0.3 is 5.97 Å². The Morgan fingerprint density at radius 3 is 2.68 bits per heavy atom. The van der Waals surface area contributed by atoms with Crippen molar-refractivity contribution in [2.24, 2.45) is 5.92 Å². The van der Waals surface area contributed by atoms with Gasteiger partial charge in [0.2, 0.25) is 0 Å². The Morgan fingerprint density at radius 2 is 2.04 bits per heavy atom. The lowest BCUT2D eigenvalue weighted by atomic mass is 9.94. The fourth-order valence-corrected chi connectivity index (χ4v) is 3.03. The van der Waals surface area contributed by atoms with E-state index in [4.69, 9.17) is 5.11 Å². The molecule has 1 aromatic heterocycles. The Hall–Kier alpha value is -2.67. The van der Waals surface area contributed by atoms with Crippen molar-refractivity contribution in [1.82, 2.24) is 15.1 Å². The van der Waals surface area contributed by atoms with E-state index in [0.717, 1.165) is 12.0 Å². The molecule has 3 N–H and O–H groups in total. The van der Waals surface area contributed by atoms with E-state index in [1.807, 2.05) is 24.3 Å². The van der Waals surface area contributed by atoms with Crippen molar-refractivity contribution in [3.8, 4) is 11.3 Å². The number of benzene rings is 1. The third-order valence-electron chi connectivity index (χ3n) is 4.65. The average molecular weight is 343 g/mol. The van der Waals surface area contributed by atoms with Crippen molar-refractivity contribution in [1.29, 1.82) is 0 Å². The van der Waals surface area contributed by atoms with Gasteiger partial charge in [0.05, 0.1) is 11.8 Å². The molecule has 1 aliphatic heterocycles. The number of aliphatic carboxylic acids is 1. The summed E-state index contributed by atoms with van der Waals surface area (Å²) in [6, 6.07) is 9.63. The predicted molar refractivity (Wildman–Crippen MR) is 91.1 cm³/mol. The summed E-state index contributed by atoms with van der Waals surface area (Å²) in [6.07, 6.45) is 0.286. The van der Waals surface area contributed by atoms with Crippen LogP contribution in [-0.4, -0.2) is 56.4 Å². The molecule has 1 saturated heterocycles. The average Bonchev–Trinajstić information content (AvgIpc) is 3.11. The highest BCUT2D eigenvalue weighted by atomic mass is 16.4. The van der Waals surface area contributed by atoms with Gasteiger partial charge in [-0.25, -0.2) is 0 Å². The first-order valence-electron chi connectivity index (χ1n) is 8.34. The topological polar surface area (TPSA) is 107 Å². The second kappa shape index (κ2) is 7.06. The number of nitrogens with one attached hydrogen (secondary N) is 1. The minimum atomic E-state index is -1.09. The Labute approximate surface area is 145 Å². The summed E-state index contributed by atoms with van der Waals surface area (Å²) in [6.45, 7) is 2.40. The maximum atomic E-state index is 12.6. The number of aromatic amines is 1. The number of carboxylic acid groups (broad SMARTS) is 1. The number of carbonyl (C=O) groups excluding carboxylic acids is 1. The number of aliphatic hydroxyl groups excluding tert-OH is 1. The molecule has 132 valence electrons. The number of amides is 1. The molecule has 0 saturated carbocycles. The van der Waals surface area contributed by atoms with E-state index < -0.39 is 18.0 Å². The standard InChI is InChI=1S/C18H21N3O4/c1-2-11-3-5-12(6-4-11)14-9-15(20-19-14)17(23)21-8-7-16(22)13(10-21)18(24)25/h3-6,9,13,16,22H,2,7-8,10H2,1H3,(H,19,20)(H,24,25)/t13-,16+/m1/s1. The van der Waals surface area contributed by atoms with Gasteiger partial charge in [0, 0.05) is 18.7 Å². The van der Waals surface area contributed by atoms with Crippen molar-refractivity contribution in [3.05, 3.63) is 41.6 Å². The lowest BCUT2D eigenvalue weighted by Crippen LogP contribution is -2.48. The van der Waals surface area contributed by atoms with Gasteiger partial charge in [0.25, 0.3) is 5.91 Å². The van der Waals surface area contributed by atoms with E-state index in [9.17, 15) is 14.7 Å². The molecule has 0 spiro atoms. The van der Waals surface area contributed by atoms with E-state index >= 15 is 0 Å². The van der Waals surface area contributed by atoms with Crippen LogP contribution in [0.3, 0.4) is 0 Å². The van der Waals surface area contributed by atoms with Gasteiger partial charge in [-0.3, -0.25) is 14.7 Å². The van der Waals surface area contributed by atoms with Crippen LogP contribution in [0.25, 0.3) is 11.3 Å². The van der Waals surface area contributed by atoms with E-state index in [-0.39, 0.29) is 18.9 Å². The molecule has 0 radical (unpaired) electrons. The van der Waals surface area contributed by atoms with Gasteiger partial charge in [-0.05, 0) is 24.5 Å². The van der Waals surface area contributed by atoms with Gasteiger partial charge in [-0.15, -0.1) is 0 Å². The van der Waals surface area contributed by atoms with Crippen LogP contribution in [0.4, 0.5) is 0 Å². The van der Waals surface area contributed by atoms with Gasteiger partial charge in [-0.1, -0.05) is 31.2 Å². The van der Waals surface area contributed by atoms with Crippen molar-refractivity contribution in [2.45, 2.75) is 25.9 Å². The zero-order valence-electron chi connectivity index (χ0n) is 14.0. The molecule has 0 aliphatic carbocycles. The highest BCUT2D eigenvalue weighted by Crippen LogP contribution is 2.22. The number of aryl methyl sites for hydroxylation is 1. The number of H-pyrrole nitrogens is 1. The third kappa shape index (κ3) is 3.56. The van der Waals surface area contributed by atoms with Gasteiger partial charge in [0.15, 0.2) is 0 Å². The molecule has 1 aliphatic rings. The van der Waals surface area contributed by atoms with Gasteiger partial charge < -0.3 is 15.1 Å². The highest BCUT2D eigenvalue weighted by molar-refractivity contribution is 5.93. The van der Waals surface area contributed by atoms with Crippen LogP contribution in [0.1, 0.15) is 29.4 Å². The molecule has 7 nitrogen and oxygen atoms in total. The Bertz CT molecular complexity index is 769. The van der Waals surface area contributed by atoms with Crippen LogP contribution >= 0.6 is 0 Å². The van der Waals surface area contributed by atoms with Gasteiger partial charge in [0.1, 0.15) is 11.6 Å². The number of hydrogen-bond donors (Lipinski definition) is 3. The molecule has 25 heavy (non-hydrogen) atoms. The van der Waals surface area contributed by atoms with Crippen molar-refractivity contribution in [2.75, 3.05) is 13.1 Å². The fraction of sp³-hybridized carbons (Fsp3) is 0.389. The SMILES string of the molecule is CCc1ccc(-c2cc(C(=O)N3CC[C@H](O)[C@H](C(=O)O)C3)[nH]n2)cc1. The van der Waals surface area contributed by atoms with E-state index in [1.165, 1.54) is 10.5 Å². The maximum absolute atomic E-state index is 12.6. The van der Waals surface area contributed by atoms with Crippen molar-refractivity contribution in [3.63, 3.8) is 0 Å². The van der Waals surface area contributed by atoms with Crippen LogP contribution < -0.4 is 0 Å². The number of aromatic nitrogens is 2. The number of nitrogens with zero attached hydrogens (tertiary/aromatic N) is 2. The molecular formula is C18H21N3O4. The van der Waals surface area contributed by atoms with Gasteiger partial charge in [-0.2, -0.15) is 5.10 Å². The highest BCUT2D eigenvalue weighted by Gasteiger charge is 2.35. The Morgan fingerprint density at radius 1 is 1.32 bits per heavy atom. The summed E-state index contributed by atoms with van der Waals surface area (Å²) in [5.74, 6) is -2.35. The minimum Gasteiger partial charge on any atom is -0.481 e. The van der Waals surface area contributed by atoms with Crippen LogP contribution in [0.2, 0.25) is 0 Å². The molecule has 1 amide bonds. The second-order valence-electron chi connectivity index (χ2n) is 6.27. The minimum absolute atomic E-state index is 0.00508. The molecule has 0 bridgehead atoms. The van der Waals surface area contributed by atoms with E-state index in [0.29, 0.717) is 17.9 Å². The lowest BCUT2D eigenvalue weighted by Gasteiger charge is -2.33. The molecular weight excluding hydrogens is 322 g/mol. The quantitative estimate of drug-likeness (QED) is 0.781. The van der Waals surface area contributed by atoms with Crippen LogP contribution in [0.5, 0.6) is 0 Å². The Balaban J connectivity index is 1.75. The van der Waals surface area contributed by atoms with Crippen molar-refractivity contribution >= 4 is 11.9 Å². The fourth-order valence-electron chi connectivity index (χ4n) is 3.03. The lowest BCUT2D eigenvalue weighted by molar-refractivity contribution is -0.148. The molecule has 3 rings (SSSR count). The van der Waals surface area contributed by atoms with Crippen LogP contribution in [0, 0.1) is 5.92 Å².